The minimum atomic E-state index is 0.627. The molecule has 0 radical (unpaired) electrons. The van der Waals surface area contributed by atoms with Crippen molar-refractivity contribution in [1.82, 2.24) is 4.90 Å². The van der Waals surface area contributed by atoms with Gasteiger partial charge in [0, 0.05) is 19.8 Å². The van der Waals surface area contributed by atoms with E-state index in [1.54, 1.807) is 0 Å². The van der Waals surface area contributed by atoms with Crippen LogP contribution in [0.3, 0.4) is 0 Å². The summed E-state index contributed by atoms with van der Waals surface area (Å²) in [4.78, 5) is 2.24. The molecule has 0 saturated carbocycles. The number of hydrogen-bond donors (Lipinski definition) is 0. The Bertz CT molecular complexity index is 154. The fraction of sp³-hybridized carbons (Fsp3) is 0.818. The summed E-state index contributed by atoms with van der Waals surface area (Å²) in [6.45, 7) is 11.2. The summed E-state index contributed by atoms with van der Waals surface area (Å²) in [6.07, 6.45) is 0. The highest BCUT2D eigenvalue weighted by molar-refractivity contribution is 5.14. The molecule has 72 valence electrons. The molecular formula is C11H23N. The lowest BCUT2D eigenvalue weighted by atomic mass is 9.96. The lowest BCUT2D eigenvalue weighted by Gasteiger charge is -2.25. The van der Waals surface area contributed by atoms with Crippen molar-refractivity contribution in [3.63, 3.8) is 0 Å². The number of allylic oxidation sites excluding steroid dienone is 2. The molecule has 0 spiro atoms. The molecule has 0 saturated heterocycles. The van der Waals surface area contributed by atoms with E-state index in [2.05, 4.69) is 53.6 Å². The predicted molar refractivity (Wildman–Crippen MR) is 56.1 cm³/mol. The van der Waals surface area contributed by atoms with Crippen LogP contribution in [0, 0.1) is 11.8 Å². The topological polar surface area (TPSA) is 3.24 Å². The lowest BCUT2D eigenvalue weighted by Crippen LogP contribution is -2.19. The highest BCUT2D eigenvalue weighted by Crippen LogP contribution is 2.21. The molecule has 0 aromatic carbocycles. The van der Waals surface area contributed by atoms with Crippen LogP contribution in [0.4, 0.5) is 0 Å². The van der Waals surface area contributed by atoms with Crippen LogP contribution in [0.25, 0.3) is 0 Å². The van der Waals surface area contributed by atoms with Crippen LogP contribution in [-0.2, 0) is 0 Å². The minimum Gasteiger partial charge on any atom is -0.381 e. The van der Waals surface area contributed by atoms with Crippen LogP contribution in [0.2, 0.25) is 0 Å². The van der Waals surface area contributed by atoms with E-state index in [1.807, 2.05) is 0 Å². The Balaban J connectivity index is 4.81. The highest BCUT2D eigenvalue weighted by Gasteiger charge is 2.11. The first kappa shape index (κ1) is 11.5. The van der Waals surface area contributed by atoms with Crippen molar-refractivity contribution in [1.29, 1.82) is 0 Å². The van der Waals surface area contributed by atoms with E-state index in [0.717, 1.165) is 0 Å². The van der Waals surface area contributed by atoms with Gasteiger partial charge in [-0.2, -0.15) is 0 Å². The standard InChI is InChI=1S/C11H23N/c1-8(2)10(5)11(9(3)4)12(6)7/h8-9H,1-7H3/b11-10+. The minimum absolute atomic E-state index is 0.627. The molecule has 0 heterocycles. The molecule has 0 aliphatic carbocycles. The van der Waals surface area contributed by atoms with Crippen LogP contribution in [0.15, 0.2) is 11.3 Å². The summed E-state index contributed by atoms with van der Waals surface area (Å²) >= 11 is 0. The summed E-state index contributed by atoms with van der Waals surface area (Å²) in [6, 6.07) is 0. The van der Waals surface area contributed by atoms with Crippen molar-refractivity contribution in [3.8, 4) is 0 Å². The maximum atomic E-state index is 2.25. The average Bonchev–Trinajstić information content (AvgIpc) is 1.85. The molecule has 0 atom stereocenters. The first-order chi connectivity index (χ1) is 5.37. The van der Waals surface area contributed by atoms with Crippen molar-refractivity contribution < 1.29 is 0 Å². The molecule has 0 N–H and O–H groups in total. The van der Waals surface area contributed by atoms with E-state index >= 15 is 0 Å². The average molecular weight is 169 g/mol. The van der Waals surface area contributed by atoms with Gasteiger partial charge in [-0.15, -0.1) is 0 Å². The van der Waals surface area contributed by atoms with Gasteiger partial charge in [0.05, 0.1) is 0 Å². The first-order valence-electron chi connectivity index (χ1n) is 4.75. The molecule has 0 unspecified atom stereocenters. The van der Waals surface area contributed by atoms with Crippen LogP contribution in [0.1, 0.15) is 34.6 Å². The second-order valence-corrected chi connectivity index (χ2v) is 4.27. The zero-order valence-corrected chi connectivity index (χ0v) is 9.60. The fourth-order valence-electron chi connectivity index (χ4n) is 1.62. The maximum Gasteiger partial charge on any atom is 0.0145 e. The normalized spacial score (nSPS) is 13.8. The van der Waals surface area contributed by atoms with Gasteiger partial charge in [0.15, 0.2) is 0 Å². The van der Waals surface area contributed by atoms with Gasteiger partial charge in [-0.05, 0) is 18.8 Å². The summed E-state index contributed by atoms with van der Waals surface area (Å²) in [7, 11) is 4.25. The van der Waals surface area contributed by atoms with Crippen LogP contribution in [0.5, 0.6) is 0 Å². The van der Waals surface area contributed by atoms with Gasteiger partial charge < -0.3 is 4.90 Å². The molecule has 0 rings (SSSR count). The van der Waals surface area contributed by atoms with Gasteiger partial charge >= 0.3 is 0 Å². The first-order valence-corrected chi connectivity index (χ1v) is 4.75. The Labute approximate surface area is 77.5 Å². The Morgan fingerprint density at radius 2 is 1.33 bits per heavy atom. The Kier molecular flexibility index (Phi) is 4.36. The molecule has 0 bridgehead atoms. The number of nitrogens with zero attached hydrogens (tertiary/aromatic N) is 1. The molecule has 0 amide bonds. The summed E-state index contributed by atoms with van der Waals surface area (Å²) in [5, 5.41) is 0. The van der Waals surface area contributed by atoms with Gasteiger partial charge in [-0.1, -0.05) is 33.3 Å². The monoisotopic (exact) mass is 169 g/mol. The quantitative estimate of drug-likeness (QED) is 0.627. The zero-order chi connectivity index (χ0) is 9.89. The van der Waals surface area contributed by atoms with E-state index in [4.69, 9.17) is 0 Å². The smallest absolute Gasteiger partial charge is 0.0145 e. The van der Waals surface area contributed by atoms with Gasteiger partial charge in [-0.3, -0.25) is 0 Å². The van der Waals surface area contributed by atoms with E-state index in [-0.39, 0.29) is 0 Å². The third-order valence-corrected chi connectivity index (χ3v) is 2.30. The molecule has 1 heteroatoms. The molecule has 12 heavy (non-hydrogen) atoms. The molecule has 0 aliphatic heterocycles. The second kappa shape index (κ2) is 4.54. The van der Waals surface area contributed by atoms with Crippen LogP contribution < -0.4 is 0 Å². The molecule has 0 aromatic heterocycles. The maximum absolute atomic E-state index is 2.25. The van der Waals surface area contributed by atoms with Crippen LogP contribution in [-0.4, -0.2) is 19.0 Å². The highest BCUT2D eigenvalue weighted by atomic mass is 15.1. The van der Waals surface area contributed by atoms with Crippen molar-refractivity contribution in [2.45, 2.75) is 34.6 Å². The van der Waals surface area contributed by atoms with Gasteiger partial charge in [-0.25, -0.2) is 0 Å². The largest absolute Gasteiger partial charge is 0.381 e. The number of hydrogen-bond acceptors (Lipinski definition) is 1. The van der Waals surface area contributed by atoms with E-state index in [1.165, 1.54) is 11.3 Å². The molecule has 0 aromatic rings. The summed E-state index contributed by atoms with van der Waals surface area (Å²) < 4.78 is 0. The summed E-state index contributed by atoms with van der Waals surface area (Å²) in [5.74, 6) is 1.28. The fourth-order valence-corrected chi connectivity index (χ4v) is 1.62. The van der Waals surface area contributed by atoms with E-state index in [0.29, 0.717) is 11.8 Å². The SMILES string of the molecule is C/C(=C(/C(C)C)N(C)C)C(C)C. The van der Waals surface area contributed by atoms with E-state index < -0.39 is 0 Å². The number of rotatable bonds is 3. The Morgan fingerprint density at radius 1 is 0.917 bits per heavy atom. The molecule has 0 fully saturated rings. The second-order valence-electron chi connectivity index (χ2n) is 4.27. The van der Waals surface area contributed by atoms with Crippen molar-refractivity contribution in [3.05, 3.63) is 11.3 Å². The van der Waals surface area contributed by atoms with Crippen molar-refractivity contribution in [2.24, 2.45) is 11.8 Å². The molecular weight excluding hydrogens is 146 g/mol. The predicted octanol–water partition coefficient (Wildman–Crippen LogP) is 3.13. The Hall–Kier alpha value is -0.460. The summed E-state index contributed by atoms with van der Waals surface area (Å²) in [5.41, 5.74) is 2.99. The van der Waals surface area contributed by atoms with Gasteiger partial charge in [0.25, 0.3) is 0 Å². The van der Waals surface area contributed by atoms with Gasteiger partial charge in [0.2, 0.25) is 0 Å². The Morgan fingerprint density at radius 3 is 1.42 bits per heavy atom. The third kappa shape index (κ3) is 2.88. The zero-order valence-electron chi connectivity index (χ0n) is 9.60. The van der Waals surface area contributed by atoms with Crippen molar-refractivity contribution >= 4 is 0 Å². The lowest BCUT2D eigenvalue weighted by molar-refractivity contribution is 0.430. The van der Waals surface area contributed by atoms with Gasteiger partial charge in [0.1, 0.15) is 0 Å². The van der Waals surface area contributed by atoms with Crippen LogP contribution >= 0.6 is 0 Å². The molecule has 0 aliphatic rings. The van der Waals surface area contributed by atoms with Crippen molar-refractivity contribution in [2.75, 3.05) is 14.1 Å². The molecule has 1 nitrogen and oxygen atoms in total. The van der Waals surface area contributed by atoms with E-state index in [9.17, 15) is 0 Å². The third-order valence-electron chi connectivity index (χ3n) is 2.30.